The second kappa shape index (κ2) is 21.2. The summed E-state index contributed by atoms with van der Waals surface area (Å²) in [7, 11) is 7.00. The van der Waals surface area contributed by atoms with Gasteiger partial charge in [0.05, 0.1) is 11.4 Å². The summed E-state index contributed by atoms with van der Waals surface area (Å²) in [6.07, 6.45) is 0. The first kappa shape index (κ1) is 43.4. The quantitative estimate of drug-likeness (QED) is 0.351. The van der Waals surface area contributed by atoms with E-state index >= 15 is 0 Å². The zero-order chi connectivity index (χ0) is 28.7. The van der Waals surface area contributed by atoms with Gasteiger partial charge in [-0.25, -0.2) is 0 Å². The van der Waals surface area contributed by atoms with Crippen molar-refractivity contribution in [3.63, 3.8) is 0 Å². The third-order valence-corrected chi connectivity index (χ3v) is 4.59. The van der Waals surface area contributed by atoms with Crippen molar-refractivity contribution in [1.29, 1.82) is 0 Å². The first-order valence-corrected chi connectivity index (χ1v) is 12.1. The molecule has 0 radical (unpaired) electrons. The molecule has 0 saturated carbocycles. The Morgan fingerprint density at radius 2 is 0.763 bits per heavy atom. The van der Waals surface area contributed by atoms with E-state index in [0.29, 0.717) is 0 Å². The third kappa shape index (κ3) is 17.8. The number of nitrogens with zero attached hydrogens (tertiary/aromatic N) is 4. The van der Waals surface area contributed by atoms with E-state index in [2.05, 4.69) is 20.6 Å². The molecular formula is C30H48ClN4O2Ta. The van der Waals surface area contributed by atoms with Gasteiger partial charge in [0.1, 0.15) is 0 Å². The average molecular weight is 713 g/mol. The Morgan fingerprint density at radius 3 is 0.921 bits per heavy atom. The maximum absolute atomic E-state index is 11.8. The fourth-order valence-electron chi connectivity index (χ4n) is 2.50. The van der Waals surface area contributed by atoms with Crippen LogP contribution in [0.4, 0.5) is 11.4 Å². The number of aliphatic imine (C=N–C) groups is 2. The summed E-state index contributed by atoms with van der Waals surface area (Å²) in [5, 5.41) is 30.5. The van der Waals surface area contributed by atoms with Gasteiger partial charge >= 0.3 is 22.4 Å². The minimum Gasteiger partial charge on any atom is -1.00 e. The maximum Gasteiger partial charge on any atom is 5.00 e. The molecule has 0 fully saturated rings. The first-order valence-electron chi connectivity index (χ1n) is 12.1. The van der Waals surface area contributed by atoms with E-state index in [-0.39, 0.29) is 46.6 Å². The second-order valence-electron chi connectivity index (χ2n) is 10.7. The van der Waals surface area contributed by atoms with Crippen LogP contribution in [-0.2, 0) is 22.4 Å². The molecule has 38 heavy (non-hydrogen) atoms. The van der Waals surface area contributed by atoms with Crippen molar-refractivity contribution in [2.45, 2.75) is 69.2 Å². The zero-order valence-corrected chi connectivity index (χ0v) is 29.9. The monoisotopic (exact) mass is 712 g/mol. The molecule has 0 unspecified atom stereocenters. The van der Waals surface area contributed by atoms with Crippen LogP contribution in [0.3, 0.4) is 0 Å². The molecule has 0 spiro atoms. The van der Waals surface area contributed by atoms with Crippen molar-refractivity contribution in [2.24, 2.45) is 20.8 Å². The fraction of sp³-hybridized carbons (Fsp3) is 0.533. The van der Waals surface area contributed by atoms with Gasteiger partial charge in [-0.3, -0.25) is 9.98 Å². The number of rotatable bonds is 2. The minimum atomic E-state index is -0.408. The van der Waals surface area contributed by atoms with Crippen LogP contribution in [0.25, 0.3) is 10.6 Å². The molecule has 2 aromatic rings. The van der Waals surface area contributed by atoms with Crippen LogP contribution in [0.2, 0.25) is 0 Å². The maximum atomic E-state index is 11.8. The van der Waals surface area contributed by atoms with Gasteiger partial charge < -0.3 is 33.3 Å². The van der Waals surface area contributed by atoms with Crippen LogP contribution in [0, 0.1) is 38.5 Å². The van der Waals surface area contributed by atoms with E-state index in [4.69, 9.17) is 0 Å². The Bertz CT molecular complexity index is 859. The Hall–Kier alpha value is -1.67. The zero-order valence-electron chi connectivity index (χ0n) is 25.9. The number of hydrogen-bond donors (Lipinski definition) is 0. The summed E-state index contributed by atoms with van der Waals surface area (Å²) in [6.45, 7) is 19.2. The molecule has 2 aromatic carbocycles. The topological polar surface area (TPSA) is 99.0 Å². The van der Waals surface area contributed by atoms with Crippen LogP contribution in [0.15, 0.2) is 46.4 Å². The molecule has 0 aliphatic carbocycles. The number of halogens is 1. The Balaban J connectivity index is -0.000000241. The average Bonchev–Trinajstić information content (AvgIpc) is 2.73. The normalized spacial score (nSPS) is 11.2. The molecule has 0 heterocycles. The summed E-state index contributed by atoms with van der Waals surface area (Å²) in [5.74, 6) is -0.139. The predicted octanol–water partition coefficient (Wildman–Crippen LogP) is 3.72. The van der Waals surface area contributed by atoms with Gasteiger partial charge in [0, 0.05) is 0 Å². The van der Waals surface area contributed by atoms with Gasteiger partial charge in [-0.2, -0.15) is 28.2 Å². The van der Waals surface area contributed by atoms with E-state index in [0.717, 1.165) is 33.6 Å². The van der Waals surface area contributed by atoms with Crippen molar-refractivity contribution in [2.75, 3.05) is 28.2 Å². The van der Waals surface area contributed by atoms with E-state index in [1.54, 1.807) is 28.2 Å². The molecule has 0 atom stereocenters. The van der Waals surface area contributed by atoms with Crippen molar-refractivity contribution in [1.82, 2.24) is 0 Å². The molecule has 0 N–H and O–H groups in total. The van der Waals surface area contributed by atoms with Crippen LogP contribution in [0.5, 0.6) is 0 Å². The summed E-state index contributed by atoms with van der Waals surface area (Å²) in [5.41, 5.74) is 5.01. The van der Waals surface area contributed by atoms with Gasteiger partial charge in [0.15, 0.2) is 0 Å². The van der Waals surface area contributed by atoms with Crippen molar-refractivity contribution < 1.29 is 45.0 Å². The molecule has 0 bridgehead atoms. The fourth-order valence-corrected chi connectivity index (χ4v) is 2.50. The van der Waals surface area contributed by atoms with Gasteiger partial charge in [-0.1, -0.05) is 77.9 Å². The summed E-state index contributed by atoms with van der Waals surface area (Å²) in [4.78, 5) is 8.38. The smallest absolute Gasteiger partial charge is 1.00 e. The molecule has 0 saturated heterocycles. The van der Waals surface area contributed by atoms with E-state index in [1.165, 1.54) is 0 Å². The summed E-state index contributed by atoms with van der Waals surface area (Å²) < 4.78 is 0. The SMILES string of the molecule is C[N-]C.C[N-]C.Cc1cccc(C)c1N=C([O-])C(C)(C)C.Cc1cccc(C)c1N=C([O-])C(C)(C)C.[Cl-].[Ta+5]. The number of aryl methyl sites for hydroxylation is 4. The van der Waals surface area contributed by atoms with Gasteiger partial charge in [-0.15, -0.1) is 0 Å². The van der Waals surface area contributed by atoms with E-state index in [1.807, 2.05) is 106 Å². The van der Waals surface area contributed by atoms with Crippen LogP contribution in [-0.4, -0.2) is 40.0 Å². The van der Waals surface area contributed by atoms with Gasteiger partial charge in [-0.05, 0) is 72.6 Å². The Kier molecular flexibility index (Phi) is 24.2. The van der Waals surface area contributed by atoms with Crippen molar-refractivity contribution >= 4 is 23.2 Å². The molecule has 8 heteroatoms. The number of hydrogen-bond acceptors (Lipinski definition) is 4. The number of benzene rings is 2. The standard InChI is InChI=1S/2C13H19NO.2C2H6N.ClH.Ta/c2*1-9-7-6-8-10(2)11(9)14-12(15)13(3,4)5;2*1-3-2;;/h2*6-8H,1-5H3,(H,14,15);2*1-2H3;1H;/q;;2*-1;;+5/p-3. The van der Waals surface area contributed by atoms with Crippen LogP contribution in [0.1, 0.15) is 63.8 Å². The molecule has 6 nitrogen and oxygen atoms in total. The second-order valence-corrected chi connectivity index (χ2v) is 10.7. The minimum absolute atomic E-state index is 0. The van der Waals surface area contributed by atoms with Crippen molar-refractivity contribution in [3.05, 3.63) is 69.3 Å². The molecule has 0 amide bonds. The molecular weight excluding hydrogens is 665 g/mol. The van der Waals surface area contributed by atoms with Gasteiger partial charge in [0.25, 0.3) is 0 Å². The molecule has 0 aliphatic rings. The van der Waals surface area contributed by atoms with Crippen LogP contribution < -0.4 is 22.6 Å². The first-order chi connectivity index (χ1) is 16.5. The summed E-state index contributed by atoms with van der Waals surface area (Å²) in [6, 6.07) is 11.9. The Labute approximate surface area is 254 Å². The molecule has 0 aliphatic heterocycles. The van der Waals surface area contributed by atoms with Crippen LogP contribution >= 0.6 is 0 Å². The van der Waals surface area contributed by atoms with Gasteiger partial charge in [0.2, 0.25) is 0 Å². The third-order valence-electron chi connectivity index (χ3n) is 4.59. The van der Waals surface area contributed by atoms with Crippen molar-refractivity contribution in [3.8, 4) is 0 Å². The molecule has 2 rings (SSSR count). The largest absolute Gasteiger partial charge is 5.00 e. The Morgan fingerprint density at radius 1 is 0.579 bits per heavy atom. The summed E-state index contributed by atoms with van der Waals surface area (Å²) >= 11 is 0. The van der Waals surface area contributed by atoms with E-state index < -0.39 is 10.8 Å². The molecule has 212 valence electrons. The van der Waals surface area contributed by atoms with E-state index in [9.17, 15) is 10.2 Å². The number of para-hydroxylation sites is 2. The predicted molar refractivity (Wildman–Crippen MR) is 155 cm³/mol. The molecule has 0 aromatic heterocycles.